The maximum absolute atomic E-state index is 12.4. The quantitative estimate of drug-likeness (QED) is 0.843. The van der Waals surface area contributed by atoms with Crippen molar-refractivity contribution in [2.45, 2.75) is 57.9 Å². The molecule has 2 N–H and O–H groups in total. The average molecular weight is 307 g/mol. The van der Waals surface area contributed by atoms with E-state index in [-0.39, 0.29) is 11.8 Å². The van der Waals surface area contributed by atoms with Crippen LogP contribution in [0.4, 0.5) is 0 Å². The standard InChI is InChI=1S/C16H25N3O3/c1-3-7-12-10-13(19(2)18-12)15(20)17-14(16(21)22)11-8-5-4-6-9-11/h10-11,14H,3-9H2,1-2H3,(H,17,20)(H,21,22)/t14-/m0/s1. The Balaban J connectivity index is 2.08. The Labute approximate surface area is 130 Å². The number of carboxylic acid groups (broad SMARTS) is 1. The van der Waals surface area contributed by atoms with E-state index >= 15 is 0 Å². The van der Waals surface area contributed by atoms with Crippen LogP contribution in [0.1, 0.15) is 61.6 Å². The number of rotatable bonds is 6. The van der Waals surface area contributed by atoms with E-state index in [4.69, 9.17) is 0 Å². The maximum atomic E-state index is 12.4. The highest BCUT2D eigenvalue weighted by Gasteiger charge is 2.31. The second kappa shape index (κ2) is 7.42. The summed E-state index contributed by atoms with van der Waals surface area (Å²) in [6, 6.07) is 0.941. The lowest BCUT2D eigenvalue weighted by Crippen LogP contribution is -2.47. The van der Waals surface area contributed by atoms with Gasteiger partial charge in [-0.05, 0) is 31.2 Å². The molecule has 22 heavy (non-hydrogen) atoms. The van der Waals surface area contributed by atoms with Gasteiger partial charge in [0, 0.05) is 7.05 Å². The molecule has 0 saturated heterocycles. The zero-order chi connectivity index (χ0) is 16.1. The molecule has 1 atom stereocenters. The van der Waals surface area contributed by atoms with Crippen LogP contribution >= 0.6 is 0 Å². The average Bonchev–Trinajstić information content (AvgIpc) is 2.86. The molecule has 0 spiro atoms. The molecule has 6 heteroatoms. The van der Waals surface area contributed by atoms with Crippen molar-refractivity contribution >= 4 is 11.9 Å². The highest BCUT2D eigenvalue weighted by Crippen LogP contribution is 2.26. The van der Waals surface area contributed by atoms with Crippen molar-refractivity contribution in [1.82, 2.24) is 15.1 Å². The Morgan fingerprint density at radius 3 is 2.68 bits per heavy atom. The Hall–Kier alpha value is -1.85. The second-order valence-electron chi connectivity index (χ2n) is 6.08. The van der Waals surface area contributed by atoms with E-state index in [1.165, 1.54) is 4.68 Å². The number of hydrogen-bond donors (Lipinski definition) is 2. The summed E-state index contributed by atoms with van der Waals surface area (Å²) in [6.45, 7) is 2.05. The summed E-state index contributed by atoms with van der Waals surface area (Å²) in [5.41, 5.74) is 1.28. The van der Waals surface area contributed by atoms with Crippen LogP contribution in [-0.2, 0) is 18.3 Å². The van der Waals surface area contributed by atoms with Crippen LogP contribution in [0.15, 0.2) is 6.07 Å². The lowest BCUT2D eigenvalue weighted by Gasteiger charge is -2.27. The molecular weight excluding hydrogens is 282 g/mol. The molecule has 122 valence electrons. The summed E-state index contributed by atoms with van der Waals surface area (Å²) in [7, 11) is 1.71. The zero-order valence-corrected chi connectivity index (χ0v) is 13.3. The van der Waals surface area contributed by atoms with Gasteiger partial charge >= 0.3 is 5.97 Å². The van der Waals surface area contributed by atoms with Crippen LogP contribution in [0.25, 0.3) is 0 Å². The molecule has 0 radical (unpaired) electrons. The van der Waals surface area contributed by atoms with Crippen molar-refractivity contribution in [1.29, 1.82) is 0 Å². The molecule has 0 aromatic carbocycles. The molecule has 1 saturated carbocycles. The van der Waals surface area contributed by atoms with Crippen LogP contribution < -0.4 is 5.32 Å². The molecular formula is C16H25N3O3. The second-order valence-corrected chi connectivity index (χ2v) is 6.08. The predicted octanol–water partition coefficient (Wildman–Crippen LogP) is 2.14. The lowest BCUT2D eigenvalue weighted by atomic mass is 9.84. The Bertz CT molecular complexity index is 533. The summed E-state index contributed by atoms with van der Waals surface area (Å²) in [6.07, 6.45) is 6.73. The molecule has 6 nitrogen and oxygen atoms in total. The highest BCUT2D eigenvalue weighted by molar-refractivity contribution is 5.95. The number of carbonyl (C=O) groups is 2. The first kappa shape index (κ1) is 16.5. The van der Waals surface area contributed by atoms with Crippen LogP contribution in [0.3, 0.4) is 0 Å². The van der Waals surface area contributed by atoms with Gasteiger partial charge in [0.15, 0.2) is 0 Å². The number of nitrogens with zero attached hydrogens (tertiary/aromatic N) is 2. The normalized spacial score (nSPS) is 17.2. The number of aryl methyl sites for hydroxylation is 2. The first-order valence-electron chi connectivity index (χ1n) is 8.09. The zero-order valence-electron chi connectivity index (χ0n) is 13.3. The third kappa shape index (κ3) is 3.87. The van der Waals surface area contributed by atoms with Crippen molar-refractivity contribution in [3.8, 4) is 0 Å². The van der Waals surface area contributed by atoms with E-state index in [9.17, 15) is 14.7 Å². The number of carbonyl (C=O) groups excluding carboxylic acids is 1. The van der Waals surface area contributed by atoms with Crippen LogP contribution in [0.2, 0.25) is 0 Å². The molecule has 1 aromatic rings. The third-order valence-electron chi connectivity index (χ3n) is 4.34. The Kier molecular flexibility index (Phi) is 5.57. The molecule has 1 aliphatic rings. The molecule has 0 aliphatic heterocycles. The van der Waals surface area contributed by atoms with Gasteiger partial charge in [0.2, 0.25) is 0 Å². The minimum absolute atomic E-state index is 0.0264. The smallest absolute Gasteiger partial charge is 0.326 e. The van der Waals surface area contributed by atoms with Crippen LogP contribution in [-0.4, -0.2) is 32.8 Å². The van der Waals surface area contributed by atoms with Crippen LogP contribution in [0.5, 0.6) is 0 Å². The molecule has 1 heterocycles. The molecule has 1 amide bonds. The monoisotopic (exact) mass is 307 g/mol. The van der Waals surface area contributed by atoms with Crippen molar-refractivity contribution < 1.29 is 14.7 Å². The Morgan fingerprint density at radius 1 is 1.41 bits per heavy atom. The van der Waals surface area contributed by atoms with E-state index in [2.05, 4.69) is 17.3 Å². The van der Waals surface area contributed by atoms with Crippen molar-refractivity contribution in [2.24, 2.45) is 13.0 Å². The number of amides is 1. The first-order chi connectivity index (χ1) is 10.5. The van der Waals surface area contributed by atoms with Gasteiger partial charge in [-0.25, -0.2) is 4.79 Å². The number of carboxylic acids is 1. The number of hydrogen-bond acceptors (Lipinski definition) is 3. The predicted molar refractivity (Wildman–Crippen MR) is 82.7 cm³/mol. The van der Waals surface area contributed by atoms with E-state index in [0.29, 0.717) is 5.69 Å². The van der Waals surface area contributed by atoms with Gasteiger partial charge in [0.1, 0.15) is 11.7 Å². The fraction of sp³-hybridized carbons (Fsp3) is 0.688. The fourth-order valence-electron chi connectivity index (χ4n) is 3.18. The van der Waals surface area contributed by atoms with Gasteiger partial charge in [0.25, 0.3) is 5.91 Å². The minimum Gasteiger partial charge on any atom is -0.480 e. The number of aliphatic carboxylic acids is 1. The van der Waals surface area contributed by atoms with Crippen molar-refractivity contribution in [2.75, 3.05) is 0 Å². The number of nitrogens with one attached hydrogen (secondary N) is 1. The summed E-state index contributed by atoms with van der Waals surface area (Å²) in [4.78, 5) is 23.9. The van der Waals surface area contributed by atoms with Gasteiger partial charge in [0.05, 0.1) is 5.69 Å². The van der Waals surface area contributed by atoms with Gasteiger partial charge in [-0.1, -0.05) is 32.6 Å². The largest absolute Gasteiger partial charge is 0.480 e. The van der Waals surface area contributed by atoms with Gasteiger partial charge in [-0.2, -0.15) is 5.10 Å². The topological polar surface area (TPSA) is 84.2 Å². The lowest BCUT2D eigenvalue weighted by molar-refractivity contribution is -0.141. The molecule has 1 aliphatic carbocycles. The third-order valence-corrected chi connectivity index (χ3v) is 4.34. The molecule has 2 rings (SSSR count). The summed E-state index contributed by atoms with van der Waals surface area (Å²) < 4.78 is 1.53. The minimum atomic E-state index is -0.948. The molecule has 1 aromatic heterocycles. The van der Waals surface area contributed by atoms with Crippen molar-refractivity contribution in [3.05, 3.63) is 17.5 Å². The maximum Gasteiger partial charge on any atom is 0.326 e. The van der Waals surface area contributed by atoms with E-state index in [0.717, 1.165) is 50.6 Å². The molecule has 1 fully saturated rings. The van der Waals surface area contributed by atoms with Crippen LogP contribution in [0, 0.1) is 5.92 Å². The molecule has 0 unspecified atom stereocenters. The van der Waals surface area contributed by atoms with E-state index < -0.39 is 12.0 Å². The summed E-state index contributed by atoms with van der Waals surface area (Å²) >= 11 is 0. The number of aromatic nitrogens is 2. The fourth-order valence-corrected chi connectivity index (χ4v) is 3.18. The van der Waals surface area contributed by atoms with E-state index in [1.54, 1.807) is 13.1 Å². The summed E-state index contributed by atoms with van der Waals surface area (Å²) in [5, 5.41) is 16.4. The highest BCUT2D eigenvalue weighted by atomic mass is 16.4. The molecule has 0 bridgehead atoms. The van der Waals surface area contributed by atoms with Gasteiger partial charge < -0.3 is 10.4 Å². The first-order valence-corrected chi connectivity index (χ1v) is 8.09. The van der Waals surface area contributed by atoms with E-state index in [1.807, 2.05) is 0 Å². The van der Waals surface area contributed by atoms with Crippen molar-refractivity contribution in [3.63, 3.8) is 0 Å². The van der Waals surface area contributed by atoms with Gasteiger partial charge in [-0.15, -0.1) is 0 Å². The SMILES string of the molecule is CCCc1cc(C(=O)N[C@H](C(=O)O)C2CCCCC2)n(C)n1. The summed E-state index contributed by atoms with van der Waals surface area (Å²) in [5.74, 6) is -1.27. The van der Waals surface area contributed by atoms with Gasteiger partial charge in [-0.3, -0.25) is 9.48 Å². The Morgan fingerprint density at radius 2 is 2.09 bits per heavy atom.